The number of nitrogens with zero attached hydrogens (tertiary/aromatic N) is 4. The van der Waals surface area contributed by atoms with E-state index in [1.165, 1.54) is 12.1 Å². The van der Waals surface area contributed by atoms with E-state index in [0.717, 1.165) is 12.8 Å². The van der Waals surface area contributed by atoms with Crippen LogP contribution in [0.25, 0.3) is 5.65 Å². The van der Waals surface area contributed by atoms with Gasteiger partial charge in [-0.25, -0.2) is 14.2 Å². The number of hydrogen-bond acceptors (Lipinski definition) is 8. The van der Waals surface area contributed by atoms with Gasteiger partial charge in [-0.1, -0.05) is 26.0 Å². The highest BCUT2D eigenvalue weighted by Crippen LogP contribution is 2.39. The molecule has 0 aliphatic carbocycles. The fourth-order valence-corrected chi connectivity index (χ4v) is 5.12. The smallest absolute Gasteiger partial charge is 0.340 e. The summed E-state index contributed by atoms with van der Waals surface area (Å²) in [5.41, 5.74) is 1.78. The van der Waals surface area contributed by atoms with Gasteiger partial charge in [0.1, 0.15) is 11.6 Å². The van der Waals surface area contributed by atoms with E-state index in [0.29, 0.717) is 41.4 Å². The zero-order valence-electron chi connectivity index (χ0n) is 26.1. The van der Waals surface area contributed by atoms with E-state index in [1.54, 1.807) is 29.6 Å². The third-order valence-electron chi connectivity index (χ3n) is 7.45. The van der Waals surface area contributed by atoms with Crippen LogP contribution in [0, 0.1) is 18.2 Å². The van der Waals surface area contributed by atoms with Crippen LogP contribution in [0.5, 0.6) is 0 Å². The molecule has 1 aliphatic heterocycles. The molecule has 1 aliphatic rings. The summed E-state index contributed by atoms with van der Waals surface area (Å²) in [5, 5.41) is 7.26. The van der Waals surface area contributed by atoms with Crippen molar-refractivity contribution < 1.29 is 28.2 Å². The first-order chi connectivity index (χ1) is 20.2. The minimum atomic E-state index is -1.06. The van der Waals surface area contributed by atoms with Gasteiger partial charge in [0.05, 0.1) is 24.3 Å². The molecule has 0 bridgehead atoms. The van der Waals surface area contributed by atoms with E-state index in [-0.39, 0.29) is 42.3 Å². The average molecular weight is 596 g/mol. The number of esters is 1. The largest absolute Gasteiger partial charge is 0.464 e. The number of benzene rings is 1. The fourth-order valence-electron chi connectivity index (χ4n) is 5.12. The molecule has 1 aromatic carbocycles. The first-order valence-corrected chi connectivity index (χ1v) is 14.7. The Balaban J connectivity index is 1.70. The maximum absolute atomic E-state index is 13.3. The molecular weight excluding hydrogens is 553 g/mol. The molecule has 1 saturated heterocycles. The van der Waals surface area contributed by atoms with Crippen molar-refractivity contribution in [2.45, 2.75) is 79.4 Å². The summed E-state index contributed by atoms with van der Waals surface area (Å²) in [7, 11) is 0. The lowest BCUT2D eigenvalue weighted by molar-refractivity contribution is -0.166. The summed E-state index contributed by atoms with van der Waals surface area (Å²) in [6, 6.07) is 7.23. The number of nitrogens with one attached hydrogen (secondary N) is 1. The fraction of sp³-hybridized carbons (Fsp3) is 0.531. The number of ketones is 1. The van der Waals surface area contributed by atoms with Gasteiger partial charge in [-0.2, -0.15) is 9.61 Å². The van der Waals surface area contributed by atoms with Gasteiger partial charge in [0.25, 0.3) is 5.91 Å². The first kappa shape index (κ1) is 32.1. The summed E-state index contributed by atoms with van der Waals surface area (Å²) in [6.45, 7) is 15.0. The van der Waals surface area contributed by atoms with Crippen LogP contribution in [0.3, 0.4) is 0 Å². The molecule has 11 heteroatoms. The third-order valence-corrected chi connectivity index (χ3v) is 7.45. The molecule has 1 amide bonds. The summed E-state index contributed by atoms with van der Waals surface area (Å²) in [5.74, 6) is -1.03. The van der Waals surface area contributed by atoms with Crippen molar-refractivity contribution in [2.75, 3.05) is 31.1 Å². The second-order valence-corrected chi connectivity index (χ2v) is 12.8. The van der Waals surface area contributed by atoms with Gasteiger partial charge in [0, 0.05) is 31.3 Å². The van der Waals surface area contributed by atoms with E-state index < -0.39 is 23.6 Å². The number of amides is 1. The lowest BCUT2D eigenvalue weighted by Gasteiger charge is -2.39. The summed E-state index contributed by atoms with van der Waals surface area (Å²) in [4.78, 5) is 45.9. The summed E-state index contributed by atoms with van der Waals surface area (Å²) >= 11 is 0. The van der Waals surface area contributed by atoms with Crippen LogP contribution >= 0.6 is 0 Å². The predicted octanol–water partition coefficient (Wildman–Crippen LogP) is 4.76. The topological polar surface area (TPSA) is 115 Å². The maximum atomic E-state index is 13.3. The van der Waals surface area contributed by atoms with Crippen molar-refractivity contribution >= 4 is 29.1 Å². The molecule has 3 aromatic rings. The molecule has 0 radical (unpaired) electrons. The Labute approximate surface area is 251 Å². The Bertz CT molecular complexity index is 1480. The van der Waals surface area contributed by atoms with Crippen LogP contribution in [-0.4, -0.2) is 64.1 Å². The second kappa shape index (κ2) is 12.8. The number of ether oxygens (including phenoxy) is 2. The van der Waals surface area contributed by atoms with Crippen molar-refractivity contribution in [3.8, 4) is 0 Å². The minimum Gasteiger partial charge on any atom is -0.464 e. The minimum absolute atomic E-state index is 0.0638. The Hall–Kier alpha value is -3.86. The number of carbonyl (C=O) groups excluding carboxylic acids is 3. The van der Waals surface area contributed by atoms with Crippen LogP contribution in [0.15, 0.2) is 30.3 Å². The Morgan fingerprint density at radius 2 is 1.77 bits per heavy atom. The van der Waals surface area contributed by atoms with Crippen LogP contribution in [0.1, 0.15) is 87.8 Å². The van der Waals surface area contributed by atoms with Crippen molar-refractivity contribution in [3.63, 3.8) is 0 Å². The average Bonchev–Trinajstić information content (AvgIpc) is 3.35. The van der Waals surface area contributed by atoms with Gasteiger partial charge < -0.3 is 19.7 Å². The normalized spacial score (nSPS) is 15.8. The van der Waals surface area contributed by atoms with Crippen LogP contribution in [0.2, 0.25) is 0 Å². The number of fused-ring (bicyclic) bond motifs is 1. The van der Waals surface area contributed by atoms with E-state index in [4.69, 9.17) is 14.5 Å². The molecule has 232 valence electrons. The number of rotatable bonds is 10. The summed E-state index contributed by atoms with van der Waals surface area (Å²) in [6.07, 6.45) is 0.843. The Morgan fingerprint density at radius 3 is 2.37 bits per heavy atom. The predicted molar refractivity (Wildman–Crippen MR) is 161 cm³/mol. The highest BCUT2D eigenvalue weighted by molar-refractivity contribution is 5.96. The monoisotopic (exact) mass is 595 g/mol. The SMILES string of the molecule is CCOC(=O)[C@@H](OC(C)(C)C)c1c(C)nc2cc(C(=O)NCC(=O)Cc3ccc(F)cc3)nn2c1N1CCC(C)(C)CC1. The number of anilines is 1. The molecule has 0 unspecified atom stereocenters. The molecule has 2 aromatic heterocycles. The second-order valence-electron chi connectivity index (χ2n) is 12.8. The molecule has 4 rings (SSSR count). The first-order valence-electron chi connectivity index (χ1n) is 14.7. The van der Waals surface area contributed by atoms with E-state index in [1.807, 2.05) is 27.7 Å². The lowest BCUT2D eigenvalue weighted by atomic mass is 9.82. The highest BCUT2D eigenvalue weighted by Gasteiger charge is 2.37. The van der Waals surface area contributed by atoms with Crippen LogP contribution in [-0.2, 0) is 25.5 Å². The number of carbonyl (C=O) groups is 3. The molecule has 1 fully saturated rings. The van der Waals surface area contributed by atoms with Crippen molar-refractivity contribution in [2.24, 2.45) is 5.41 Å². The molecule has 43 heavy (non-hydrogen) atoms. The van der Waals surface area contributed by atoms with E-state index >= 15 is 0 Å². The number of Topliss-reactive ketones (excluding diaryl/α,β-unsaturated/α-hetero) is 1. The summed E-state index contributed by atoms with van der Waals surface area (Å²) < 4.78 is 26.5. The van der Waals surface area contributed by atoms with Gasteiger partial charge in [0.15, 0.2) is 23.2 Å². The Morgan fingerprint density at radius 1 is 1.12 bits per heavy atom. The quantitative estimate of drug-likeness (QED) is 0.334. The van der Waals surface area contributed by atoms with E-state index in [2.05, 4.69) is 29.2 Å². The molecule has 1 atom stereocenters. The van der Waals surface area contributed by atoms with Gasteiger partial charge in [0.2, 0.25) is 0 Å². The highest BCUT2D eigenvalue weighted by atomic mass is 19.1. The zero-order chi connectivity index (χ0) is 31.5. The Kier molecular flexibility index (Phi) is 9.54. The molecule has 3 heterocycles. The number of aromatic nitrogens is 3. The zero-order valence-corrected chi connectivity index (χ0v) is 26.1. The van der Waals surface area contributed by atoms with E-state index in [9.17, 15) is 18.8 Å². The third kappa shape index (κ3) is 7.95. The van der Waals surface area contributed by atoms with Crippen LogP contribution in [0.4, 0.5) is 10.2 Å². The van der Waals surface area contributed by atoms with Crippen molar-refractivity contribution in [1.82, 2.24) is 19.9 Å². The van der Waals surface area contributed by atoms with Gasteiger partial charge in [-0.05, 0) is 70.6 Å². The number of aryl methyl sites for hydroxylation is 1. The lowest BCUT2D eigenvalue weighted by Crippen LogP contribution is -2.40. The molecular formula is C32H42FN5O5. The van der Waals surface area contributed by atoms with Gasteiger partial charge in [-0.15, -0.1) is 0 Å². The number of piperidine rings is 1. The van der Waals surface area contributed by atoms with Crippen molar-refractivity contribution in [1.29, 1.82) is 0 Å². The molecule has 0 spiro atoms. The van der Waals surface area contributed by atoms with Gasteiger partial charge >= 0.3 is 5.97 Å². The number of halogens is 1. The maximum Gasteiger partial charge on any atom is 0.340 e. The molecule has 10 nitrogen and oxygen atoms in total. The molecule has 0 saturated carbocycles. The van der Waals surface area contributed by atoms with Crippen molar-refractivity contribution in [3.05, 3.63) is 58.7 Å². The molecule has 1 N–H and O–H groups in total. The van der Waals surface area contributed by atoms with Crippen LogP contribution < -0.4 is 10.2 Å². The van der Waals surface area contributed by atoms with Gasteiger partial charge in [-0.3, -0.25) is 9.59 Å². The standard InChI is InChI=1S/C32H42FN5O5/c1-8-42-30(41)27(43-31(3,4)5)26-20(2)35-25-18-24(36-38(25)29(26)37-15-13-32(6,7)14-16-37)28(40)34-19-23(39)17-21-9-11-22(33)12-10-21/h9-12,18,27H,8,13-17,19H2,1-7H3,(H,34,40)/t27-/m0/s1. The number of hydrogen-bond donors (Lipinski definition) is 1.